The maximum absolute atomic E-state index is 11.9. The van der Waals surface area contributed by atoms with Crippen molar-refractivity contribution in [1.82, 2.24) is 24.9 Å². The number of nitrogen functional groups attached to an aromatic ring is 1. The zero-order chi connectivity index (χ0) is 13.1. The van der Waals surface area contributed by atoms with Gasteiger partial charge in [0, 0.05) is 25.5 Å². The van der Waals surface area contributed by atoms with Crippen molar-refractivity contribution in [3.63, 3.8) is 0 Å². The van der Waals surface area contributed by atoms with Gasteiger partial charge in [-0.05, 0) is 13.0 Å². The maximum atomic E-state index is 11.9. The van der Waals surface area contributed by atoms with Crippen molar-refractivity contribution < 1.29 is 4.79 Å². The molecule has 1 atom stereocenters. The van der Waals surface area contributed by atoms with Gasteiger partial charge >= 0.3 is 0 Å². The number of anilines is 1. The molecular weight excluding hydrogens is 232 g/mol. The fourth-order valence-corrected chi connectivity index (χ4v) is 1.66. The lowest BCUT2D eigenvalue weighted by Gasteiger charge is -2.13. The van der Waals surface area contributed by atoms with E-state index in [2.05, 4.69) is 15.5 Å². The van der Waals surface area contributed by atoms with Crippen LogP contribution in [0.5, 0.6) is 0 Å². The first kappa shape index (κ1) is 12.2. The predicted octanol–water partition coefficient (Wildman–Crippen LogP) is 0.0173. The summed E-state index contributed by atoms with van der Waals surface area (Å²) in [6, 6.07) is 1.80. The molecule has 0 saturated heterocycles. The molecule has 7 heteroatoms. The summed E-state index contributed by atoms with van der Waals surface area (Å²) in [5, 5.41) is 10.9. The standard InChI is InChI=1S/C11H16N6O/c1-8(7-17-5-3-4-13-17)15-11(18)9-6-14-16(2)10(9)12/h3-6,8H,7,12H2,1-2H3,(H,15,18). The van der Waals surface area contributed by atoms with E-state index < -0.39 is 0 Å². The van der Waals surface area contributed by atoms with E-state index >= 15 is 0 Å². The van der Waals surface area contributed by atoms with Gasteiger partial charge in [-0.1, -0.05) is 0 Å². The molecule has 96 valence electrons. The van der Waals surface area contributed by atoms with Crippen molar-refractivity contribution in [2.24, 2.45) is 7.05 Å². The van der Waals surface area contributed by atoms with Crippen molar-refractivity contribution >= 4 is 11.7 Å². The molecule has 7 nitrogen and oxygen atoms in total. The molecule has 18 heavy (non-hydrogen) atoms. The molecule has 0 radical (unpaired) electrons. The molecule has 1 unspecified atom stereocenters. The van der Waals surface area contributed by atoms with Gasteiger partial charge in [-0.15, -0.1) is 0 Å². The molecule has 2 aromatic heterocycles. The highest BCUT2D eigenvalue weighted by molar-refractivity contribution is 5.98. The minimum atomic E-state index is -0.222. The summed E-state index contributed by atoms with van der Waals surface area (Å²) in [4.78, 5) is 11.9. The highest BCUT2D eigenvalue weighted by Gasteiger charge is 2.15. The molecule has 0 aromatic carbocycles. The highest BCUT2D eigenvalue weighted by atomic mass is 16.1. The zero-order valence-corrected chi connectivity index (χ0v) is 10.4. The van der Waals surface area contributed by atoms with Gasteiger partial charge in [0.2, 0.25) is 0 Å². The van der Waals surface area contributed by atoms with Crippen LogP contribution in [0.3, 0.4) is 0 Å². The maximum Gasteiger partial charge on any atom is 0.256 e. The average molecular weight is 248 g/mol. The van der Waals surface area contributed by atoms with Crippen LogP contribution in [0.15, 0.2) is 24.7 Å². The summed E-state index contributed by atoms with van der Waals surface area (Å²) in [6.07, 6.45) is 5.01. The summed E-state index contributed by atoms with van der Waals surface area (Å²) in [5.41, 5.74) is 6.13. The Morgan fingerprint density at radius 1 is 1.56 bits per heavy atom. The van der Waals surface area contributed by atoms with Crippen LogP contribution in [0, 0.1) is 0 Å². The van der Waals surface area contributed by atoms with Gasteiger partial charge in [0.15, 0.2) is 0 Å². The van der Waals surface area contributed by atoms with E-state index in [4.69, 9.17) is 5.73 Å². The number of carbonyl (C=O) groups is 1. The largest absolute Gasteiger partial charge is 0.383 e. The Morgan fingerprint density at radius 2 is 2.33 bits per heavy atom. The lowest BCUT2D eigenvalue weighted by Crippen LogP contribution is -2.36. The van der Waals surface area contributed by atoms with Crippen molar-refractivity contribution in [2.75, 3.05) is 5.73 Å². The van der Waals surface area contributed by atoms with Gasteiger partial charge in [0.05, 0.1) is 12.7 Å². The Morgan fingerprint density at radius 3 is 2.89 bits per heavy atom. The number of nitrogens with two attached hydrogens (primary N) is 1. The first-order valence-electron chi connectivity index (χ1n) is 5.63. The molecule has 2 aromatic rings. The lowest BCUT2D eigenvalue weighted by molar-refractivity contribution is 0.0937. The number of aryl methyl sites for hydroxylation is 1. The van der Waals surface area contributed by atoms with Gasteiger partial charge in [-0.25, -0.2) is 0 Å². The van der Waals surface area contributed by atoms with Crippen LogP contribution >= 0.6 is 0 Å². The fraction of sp³-hybridized carbons (Fsp3) is 0.364. The third-order valence-corrected chi connectivity index (χ3v) is 2.63. The molecule has 0 saturated carbocycles. The number of hydrogen-bond donors (Lipinski definition) is 2. The number of rotatable bonds is 4. The molecular formula is C11H16N6O. The summed E-state index contributed by atoms with van der Waals surface area (Å²) in [6.45, 7) is 2.52. The Kier molecular flexibility index (Phi) is 3.31. The first-order valence-corrected chi connectivity index (χ1v) is 5.63. The van der Waals surface area contributed by atoms with E-state index in [-0.39, 0.29) is 11.9 Å². The van der Waals surface area contributed by atoms with Gasteiger partial charge in [0.25, 0.3) is 5.91 Å². The number of nitrogens with one attached hydrogen (secondary N) is 1. The summed E-state index contributed by atoms with van der Waals surface area (Å²) in [5.74, 6) is 0.138. The first-order chi connectivity index (χ1) is 8.58. The average Bonchev–Trinajstić information content (AvgIpc) is 2.91. The topological polar surface area (TPSA) is 90.8 Å². The molecule has 1 amide bonds. The minimum absolute atomic E-state index is 0.0444. The summed E-state index contributed by atoms with van der Waals surface area (Å²) in [7, 11) is 1.69. The minimum Gasteiger partial charge on any atom is -0.383 e. The number of carbonyl (C=O) groups excluding carboxylic acids is 1. The van der Waals surface area contributed by atoms with E-state index in [1.165, 1.54) is 10.9 Å². The van der Waals surface area contributed by atoms with Crippen LogP contribution in [0.2, 0.25) is 0 Å². The van der Waals surface area contributed by atoms with Crippen LogP contribution < -0.4 is 11.1 Å². The Labute approximate surface area is 105 Å². The van der Waals surface area contributed by atoms with Crippen LogP contribution in [-0.4, -0.2) is 31.5 Å². The highest BCUT2D eigenvalue weighted by Crippen LogP contribution is 2.09. The second kappa shape index (κ2) is 4.91. The van der Waals surface area contributed by atoms with Crippen molar-refractivity contribution in [3.8, 4) is 0 Å². The zero-order valence-electron chi connectivity index (χ0n) is 10.4. The van der Waals surface area contributed by atoms with Crippen LogP contribution in [0.25, 0.3) is 0 Å². The van der Waals surface area contributed by atoms with Crippen molar-refractivity contribution in [3.05, 3.63) is 30.2 Å². The smallest absolute Gasteiger partial charge is 0.256 e. The molecule has 0 aliphatic heterocycles. The Balaban J connectivity index is 1.97. The van der Waals surface area contributed by atoms with Gasteiger partial charge in [-0.3, -0.25) is 14.2 Å². The van der Waals surface area contributed by atoms with E-state index in [9.17, 15) is 4.79 Å². The van der Waals surface area contributed by atoms with Crippen LogP contribution in [0.4, 0.5) is 5.82 Å². The van der Waals surface area contributed by atoms with E-state index in [1.807, 2.05) is 19.2 Å². The third kappa shape index (κ3) is 2.50. The lowest BCUT2D eigenvalue weighted by atomic mass is 10.2. The quantitative estimate of drug-likeness (QED) is 0.798. The molecule has 3 N–H and O–H groups in total. The second-order valence-corrected chi connectivity index (χ2v) is 4.17. The molecule has 0 fully saturated rings. The number of nitrogens with zero attached hydrogens (tertiary/aromatic N) is 4. The van der Waals surface area contributed by atoms with Crippen molar-refractivity contribution in [2.45, 2.75) is 19.5 Å². The fourth-order valence-electron chi connectivity index (χ4n) is 1.66. The molecule has 2 rings (SSSR count). The Bertz CT molecular complexity index is 530. The number of hydrogen-bond acceptors (Lipinski definition) is 4. The molecule has 0 aliphatic carbocycles. The van der Waals surface area contributed by atoms with E-state index in [0.29, 0.717) is 17.9 Å². The van der Waals surface area contributed by atoms with Gasteiger partial charge in [-0.2, -0.15) is 10.2 Å². The monoisotopic (exact) mass is 248 g/mol. The van der Waals surface area contributed by atoms with E-state index in [1.54, 1.807) is 17.9 Å². The number of amides is 1. The SMILES string of the molecule is CC(Cn1cccn1)NC(=O)c1cnn(C)c1N. The summed E-state index contributed by atoms with van der Waals surface area (Å²) < 4.78 is 3.23. The number of aromatic nitrogens is 4. The molecule has 0 aliphatic rings. The Hall–Kier alpha value is -2.31. The molecule has 0 spiro atoms. The van der Waals surface area contributed by atoms with E-state index in [0.717, 1.165) is 0 Å². The van der Waals surface area contributed by atoms with Gasteiger partial charge < -0.3 is 11.1 Å². The third-order valence-electron chi connectivity index (χ3n) is 2.63. The van der Waals surface area contributed by atoms with Crippen LogP contribution in [0.1, 0.15) is 17.3 Å². The second-order valence-electron chi connectivity index (χ2n) is 4.17. The van der Waals surface area contributed by atoms with Gasteiger partial charge in [0.1, 0.15) is 11.4 Å². The van der Waals surface area contributed by atoms with Crippen LogP contribution in [-0.2, 0) is 13.6 Å². The summed E-state index contributed by atoms with van der Waals surface area (Å²) >= 11 is 0. The predicted molar refractivity (Wildman–Crippen MR) is 66.8 cm³/mol. The normalized spacial score (nSPS) is 12.3. The van der Waals surface area contributed by atoms with Crippen molar-refractivity contribution in [1.29, 1.82) is 0 Å². The molecule has 2 heterocycles. The molecule has 0 bridgehead atoms.